The zero-order valence-electron chi connectivity index (χ0n) is 10.1. The molecule has 0 heterocycles. The van der Waals surface area contributed by atoms with Crippen LogP contribution < -0.4 is 5.32 Å². The van der Waals surface area contributed by atoms with E-state index in [1.54, 1.807) is 43.3 Å². The van der Waals surface area contributed by atoms with Gasteiger partial charge in [0.2, 0.25) is 0 Å². The average molecular weight is 296 g/mol. The first-order valence-corrected chi connectivity index (χ1v) is 6.29. The monoisotopic (exact) mass is 295 g/mol. The van der Waals surface area contributed by atoms with Crippen LogP contribution in [-0.4, -0.2) is 11.1 Å². The molecule has 5 heteroatoms. The van der Waals surface area contributed by atoms with E-state index >= 15 is 0 Å². The summed E-state index contributed by atoms with van der Waals surface area (Å²) in [6.45, 7) is 1.74. The van der Waals surface area contributed by atoms with Crippen LogP contribution in [0.3, 0.4) is 0 Å². The molecule has 0 unspecified atom stereocenters. The Morgan fingerprint density at radius 2 is 1.89 bits per heavy atom. The molecular weight excluding hydrogens is 285 g/mol. The number of carboxylic acids is 1. The first-order valence-electron chi connectivity index (χ1n) is 5.53. The Labute approximate surface area is 120 Å². The second-order valence-corrected chi connectivity index (χ2v) is 4.93. The summed E-state index contributed by atoms with van der Waals surface area (Å²) in [5, 5.41) is 13.2. The maximum atomic E-state index is 10.9. The number of nitrogens with one attached hydrogen (secondary N) is 1. The second-order valence-electron chi connectivity index (χ2n) is 4.08. The molecule has 0 saturated heterocycles. The van der Waals surface area contributed by atoms with E-state index in [1.165, 1.54) is 0 Å². The molecule has 0 aromatic heterocycles. The van der Waals surface area contributed by atoms with Gasteiger partial charge in [0.15, 0.2) is 0 Å². The van der Waals surface area contributed by atoms with Gasteiger partial charge in [-0.3, -0.25) is 0 Å². The number of carbonyl (C=O) groups is 1. The first kappa shape index (κ1) is 13.7. The van der Waals surface area contributed by atoms with Crippen molar-refractivity contribution in [2.24, 2.45) is 0 Å². The highest BCUT2D eigenvalue weighted by atomic mass is 35.5. The highest BCUT2D eigenvalue weighted by molar-refractivity contribution is 6.35. The summed E-state index contributed by atoms with van der Waals surface area (Å²) < 4.78 is 0. The van der Waals surface area contributed by atoms with Crippen molar-refractivity contribution in [1.82, 2.24) is 0 Å². The van der Waals surface area contributed by atoms with Gasteiger partial charge in [-0.2, -0.15) is 0 Å². The zero-order chi connectivity index (χ0) is 14.0. The van der Waals surface area contributed by atoms with E-state index in [0.29, 0.717) is 21.3 Å². The lowest BCUT2D eigenvalue weighted by atomic mass is 10.1. The fourth-order valence-corrected chi connectivity index (χ4v) is 2.07. The van der Waals surface area contributed by atoms with Crippen LogP contribution in [0, 0.1) is 6.92 Å². The summed E-state index contributed by atoms with van der Waals surface area (Å²) in [5.74, 6) is -0.940. The van der Waals surface area contributed by atoms with Crippen LogP contribution in [0.25, 0.3) is 0 Å². The third-order valence-corrected chi connectivity index (χ3v) is 3.23. The number of benzene rings is 2. The lowest BCUT2D eigenvalue weighted by molar-refractivity contribution is 0.0696. The molecule has 2 aromatic carbocycles. The highest BCUT2D eigenvalue weighted by Gasteiger charge is 2.08. The van der Waals surface area contributed by atoms with Crippen LogP contribution in [-0.2, 0) is 0 Å². The van der Waals surface area contributed by atoms with Crippen molar-refractivity contribution in [1.29, 1.82) is 0 Å². The molecule has 98 valence electrons. The van der Waals surface area contributed by atoms with Crippen LogP contribution in [0.15, 0.2) is 36.4 Å². The molecule has 0 aliphatic rings. The predicted molar refractivity (Wildman–Crippen MR) is 77.9 cm³/mol. The van der Waals surface area contributed by atoms with Crippen LogP contribution in [0.5, 0.6) is 0 Å². The van der Waals surface area contributed by atoms with Gasteiger partial charge in [0.1, 0.15) is 0 Å². The molecule has 0 atom stereocenters. The summed E-state index contributed by atoms with van der Waals surface area (Å²) >= 11 is 12.0. The summed E-state index contributed by atoms with van der Waals surface area (Å²) in [4.78, 5) is 10.9. The minimum absolute atomic E-state index is 0.280. The van der Waals surface area contributed by atoms with Crippen LogP contribution >= 0.6 is 23.2 Å². The van der Waals surface area contributed by atoms with Crippen molar-refractivity contribution in [3.8, 4) is 0 Å². The van der Waals surface area contributed by atoms with Gasteiger partial charge in [0.25, 0.3) is 0 Å². The third kappa shape index (κ3) is 3.19. The fraction of sp³-hybridized carbons (Fsp3) is 0.0714. The first-order chi connectivity index (χ1) is 8.97. The topological polar surface area (TPSA) is 49.3 Å². The number of aromatic carboxylic acids is 1. The molecule has 0 aliphatic heterocycles. The van der Waals surface area contributed by atoms with E-state index in [9.17, 15) is 4.79 Å². The second kappa shape index (κ2) is 5.51. The molecule has 0 spiro atoms. The van der Waals surface area contributed by atoms with Crippen molar-refractivity contribution in [2.45, 2.75) is 6.92 Å². The van der Waals surface area contributed by atoms with E-state index in [-0.39, 0.29) is 5.56 Å². The van der Waals surface area contributed by atoms with Gasteiger partial charge in [0, 0.05) is 10.7 Å². The Bertz CT molecular complexity index is 641. The third-order valence-electron chi connectivity index (χ3n) is 2.66. The van der Waals surface area contributed by atoms with E-state index in [0.717, 1.165) is 5.69 Å². The summed E-state index contributed by atoms with van der Waals surface area (Å²) in [7, 11) is 0. The number of anilines is 2. The fourth-order valence-electron chi connectivity index (χ4n) is 1.73. The van der Waals surface area contributed by atoms with Gasteiger partial charge in [-0.05, 0) is 48.9 Å². The molecule has 0 bridgehead atoms. The van der Waals surface area contributed by atoms with Gasteiger partial charge >= 0.3 is 5.97 Å². The highest BCUT2D eigenvalue weighted by Crippen LogP contribution is 2.29. The lowest BCUT2D eigenvalue weighted by Crippen LogP contribution is -2.00. The molecule has 0 amide bonds. The number of halogens is 2. The van der Waals surface area contributed by atoms with Crippen molar-refractivity contribution < 1.29 is 9.90 Å². The van der Waals surface area contributed by atoms with E-state index in [2.05, 4.69) is 5.32 Å². The Kier molecular flexibility index (Phi) is 3.98. The standard InChI is InChI=1S/C14H11Cl2NO2/c1-8-6-10(3-4-11(8)14(18)19)17-13-7-9(15)2-5-12(13)16/h2-7,17H,1H3,(H,18,19). The summed E-state index contributed by atoms with van der Waals surface area (Å²) in [5.41, 5.74) is 2.39. The number of rotatable bonds is 3. The Morgan fingerprint density at radius 3 is 2.53 bits per heavy atom. The summed E-state index contributed by atoms with van der Waals surface area (Å²) in [6, 6.07) is 10.1. The SMILES string of the molecule is Cc1cc(Nc2cc(Cl)ccc2Cl)ccc1C(=O)O. The minimum atomic E-state index is -0.940. The number of aryl methyl sites for hydroxylation is 1. The molecule has 0 saturated carbocycles. The Hall–Kier alpha value is -1.71. The van der Waals surface area contributed by atoms with E-state index < -0.39 is 5.97 Å². The van der Waals surface area contributed by atoms with Crippen molar-refractivity contribution in [3.63, 3.8) is 0 Å². The van der Waals surface area contributed by atoms with Crippen LogP contribution in [0.2, 0.25) is 10.0 Å². The van der Waals surface area contributed by atoms with Crippen molar-refractivity contribution >= 4 is 40.5 Å². The largest absolute Gasteiger partial charge is 0.478 e. The lowest BCUT2D eigenvalue weighted by Gasteiger charge is -2.10. The quantitative estimate of drug-likeness (QED) is 0.859. The average Bonchev–Trinajstić information content (AvgIpc) is 2.33. The van der Waals surface area contributed by atoms with Gasteiger partial charge in [0.05, 0.1) is 16.3 Å². The van der Waals surface area contributed by atoms with Gasteiger partial charge in [-0.15, -0.1) is 0 Å². The van der Waals surface area contributed by atoms with Gasteiger partial charge in [-0.1, -0.05) is 23.2 Å². The zero-order valence-corrected chi connectivity index (χ0v) is 11.6. The van der Waals surface area contributed by atoms with Crippen LogP contribution in [0.4, 0.5) is 11.4 Å². The molecule has 2 rings (SSSR count). The number of hydrogen-bond acceptors (Lipinski definition) is 2. The van der Waals surface area contributed by atoms with Crippen molar-refractivity contribution in [3.05, 3.63) is 57.6 Å². The van der Waals surface area contributed by atoms with Gasteiger partial charge in [-0.25, -0.2) is 4.79 Å². The Balaban J connectivity index is 2.31. The molecule has 0 aliphatic carbocycles. The molecule has 19 heavy (non-hydrogen) atoms. The minimum Gasteiger partial charge on any atom is -0.478 e. The van der Waals surface area contributed by atoms with Crippen molar-refractivity contribution in [2.75, 3.05) is 5.32 Å². The molecular formula is C14H11Cl2NO2. The molecule has 2 aromatic rings. The molecule has 0 fully saturated rings. The normalized spacial score (nSPS) is 10.3. The maximum absolute atomic E-state index is 10.9. The molecule has 2 N–H and O–H groups in total. The predicted octanol–water partition coefficient (Wildman–Crippen LogP) is 4.74. The molecule has 0 radical (unpaired) electrons. The smallest absolute Gasteiger partial charge is 0.335 e. The maximum Gasteiger partial charge on any atom is 0.335 e. The van der Waals surface area contributed by atoms with Gasteiger partial charge < -0.3 is 10.4 Å². The molecule has 3 nitrogen and oxygen atoms in total. The number of carboxylic acid groups (broad SMARTS) is 1. The summed E-state index contributed by atoms with van der Waals surface area (Å²) in [6.07, 6.45) is 0. The number of hydrogen-bond donors (Lipinski definition) is 2. The Morgan fingerprint density at radius 1 is 1.16 bits per heavy atom. The van der Waals surface area contributed by atoms with E-state index in [4.69, 9.17) is 28.3 Å². The van der Waals surface area contributed by atoms with E-state index in [1.807, 2.05) is 0 Å². The van der Waals surface area contributed by atoms with Crippen LogP contribution in [0.1, 0.15) is 15.9 Å².